The van der Waals surface area contributed by atoms with Crippen LogP contribution in [0.5, 0.6) is 0 Å². The molecule has 0 radical (unpaired) electrons. The SMILES string of the molecule is O[C@@H]1CCC[NH2+]C1. The van der Waals surface area contributed by atoms with Gasteiger partial charge in [0.05, 0.1) is 6.54 Å². The van der Waals surface area contributed by atoms with Crippen molar-refractivity contribution in [1.82, 2.24) is 0 Å². The van der Waals surface area contributed by atoms with E-state index in [4.69, 9.17) is 5.11 Å². The Morgan fingerprint density at radius 1 is 1.57 bits per heavy atom. The van der Waals surface area contributed by atoms with Crippen molar-refractivity contribution in [3.05, 3.63) is 0 Å². The number of hydrogen-bond donors (Lipinski definition) is 2. The molecular weight excluding hydrogens is 90.1 g/mol. The summed E-state index contributed by atoms with van der Waals surface area (Å²) in [4.78, 5) is 0. The van der Waals surface area contributed by atoms with Crippen LogP contribution in [0.3, 0.4) is 0 Å². The van der Waals surface area contributed by atoms with Gasteiger partial charge in [0.2, 0.25) is 0 Å². The van der Waals surface area contributed by atoms with Gasteiger partial charge in [-0.1, -0.05) is 0 Å². The Labute approximate surface area is 43.5 Å². The van der Waals surface area contributed by atoms with Crippen LogP contribution in [0.2, 0.25) is 0 Å². The molecule has 0 unspecified atom stereocenters. The molecule has 0 aromatic rings. The lowest BCUT2D eigenvalue weighted by molar-refractivity contribution is -0.669. The van der Waals surface area contributed by atoms with Gasteiger partial charge in [0, 0.05) is 0 Å². The minimum absolute atomic E-state index is 0.0197. The van der Waals surface area contributed by atoms with Crippen LogP contribution in [0.15, 0.2) is 0 Å². The highest BCUT2D eigenvalue weighted by Crippen LogP contribution is 1.94. The third-order valence-electron chi connectivity index (χ3n) is 1.38. The molecule has 1 atom stereocenters. The van der Waals surface area contributed by atoms with Crippen molar-refractivity contribution < 1.29 is 10.4 Å². The lowest BCUT2D eigenvalue weighted by atomic mass is 10.1. The maximum absolute atomic E-state index is 8.88. The van der Waals surface area contributed by atoms with Crippen LogP contribution >= 0.6 is 0 Å². The lowest BCUT2D eigenvalue weighted by Gasteiger charge is -2.13. The molecule has 0 saturated carbocycles. The predicted molar refractivity (Wildman–Crippen MR) is 26.9 cm³/mol. The number of nitrogens with two attached hydrogens (primary N) is 1. The smallest absolute Gasteiger partial charge is 0.103 e. The summed E-state index contributed by atoms with van der Waals surface area (Å²) in [5, 5.41) is 11.0. The quantitative estimate of drug-likeness (QED) is 0.392. The summed E-state index contributed by atoms with van der Waals surface area (Å²) in [7, 11) is 0. The second-order valence-electron chi connectivity index (χ2n) is 2.11. The Kier molecular flexibility index (Phi) is 1.65. The fraction of sp³-hybridized carbons (Fsp3) is 1.00. The van der Waals surface area contributed by atoms with Crippen LogP contribution in [0, 0.1) is 0 Å². The van der Waals surface area contributed by atoms with E-state index >= 15 is 0 Å². The summed E-state index contributed by atoms with van der Waals surface area (Å²) < 4.78 is 0. The second kappa shape index (κ2) is 2.28. The van der Waals surface area contributed by atoms with E-state index in [1.807, 2.05) is 0 Å². The van der Waals surface area contributed by atoms with Gasteiger partial charge in [-0.3, -0.25) is 0 Å². The van der Waals surface area contributed by atoms with Crippen LogP contribution in [0.4, 0.5) is 0 Å². The second-order valence-corrected chi connectivity index (χ2v) is 2.11. The summed E-state index contributed by atoms with van der Waals surface area (Å²) >= 11 is 0. The van der Waals surface area contributed by atoms with Gasteiger partial charge in [-0.25, -0.2) is 0 Å². The summed E-state index contributed by atoms with van der Waals surface area (Å²) in [5.41, 5.74) is 0. The van der Waals surface area contributed by atoms with Gasteiger partial charge in [-0.05, 0) is 12.8 Å². The number of rotatable bonds is 0. The summed E-state index contributed by atoms with van der Waals surface area (Å²) in [5.74, 6) is 0. The number of piperidine rings is 1. The van der Waals surface area contributed by atoms with Gasteiger partial charge < -0.3 is 10.4 Å². The molecule has 1 rings (SSSR count). The molecule has 1 aliphatic rings. The summed E-state index contributed by atoms with van der Waals surface area (Å²) in [6.45, 7) is 2.12. The van der Waals surface area contributed by atoms with Gasteiger partial charge in [0.1, 0.15) is 12.6 Å². The number of aliphatic hydroxyl groups excluding tert-OH is 1. The van der Waals surface area contributed by atoms with Crippen molar-refractivity contribution in [2.24, 2.45) is 0 Å². The molecule has 1 aliphatic heterocycles. The molecule has 2 heteroatoms. The maximum Gasteiger partial charge on any atom is 0.103 e. The average molecular weight is 102 g/mol. The number of aliphatic hydroxyl groups is 1. The largest absolute Gasteiger partial charge is 0.387 e. The molecular formula is C5H12NO+. The third kappa shape index (κ3) is 1.45. The van der Waals surface area contributed by atoms with Crippen LogP contribution in [-0.4, -0.2) is 24.3 Å². The first-order chi connectivity index (χ1) is 3.39. The van der Waals surface area contributed by atoms with Crippen LogP contribution in [0.1, 0.15) is 12.8 Å². The minimum atomic E-state index is -0.0197. The predicted octanol–water partition coefficient (Wildman–Crippen LogP) is -1.30. The van der Waals surface area contributed by atoms with E-state index < -0.39 is 0 Å². The molecule has 42 valence electrons. The number of hydrogen-bond acceptors (Lipinski definition) is 1. The van der Waals surface area contributed by atoms with Crippen LogP contribution in [0.25, 0.3) is 0 Å². The van der Waals surface area contributed by atoms with Gasteiger partial charge in [0.25, 0.3) is 0 Å². The summed E-state index contributed by atoms with van der Waals surface area (Å²) in [6, 6.07) is 0. The van der Waals surface area contributed by atoms with Crippen molar-refractivity contribution in [1.29, 1.82) is 0 Å². The molecule has 0 spiro atoms. The van der Waals surface area contributed by atoms with E-state index in [0.29, 0.717) is 0 Å². The van der Waals surface area contributed by atoms with Crippen molar-refractivity contribution in [3.63, 3.8) is 0 Å². The Morgan fingerprint density at radius 2 is 2.43 bits per heavy atom. The third-order valence-corrected chi connectivity index (χ3v) is 1.38. The van der Waals surface area contributed by atoms with Crippen LogP contribution in [-0.2, 0) is 0 Å². The van der Waals surface area contributed by atoms with Gasteiger partial charge in [0.15, 0.2) is 0 Å². The maximum atomic E-state index is 8.88. The van der Waals surface area contributed by atoms with E-state index in [-0.39, 0.29) is 6.10 Å². The number of quaternary nitrogens is 1. The summed E-state index contributed by atoms with van der Waals surface area (Å²) in [6.07, 6.45) is 2.17. The molecule has 3 N–H and O–H groups in total. The monoisotopic (exact) mass is 102 g/mol. The lowest BCUT2D eigenvalue weighted by Crippen LogP contribution is -2.88. The Hall–Kier alpha value is -0.0800. The molecule has 0 aromatic heterocycles. The zero-order valence-electron chi connectivity index (χ0n) is 4.43. The van der Waals surface area contributed by atoms with Crippen molar-refractivity contribution in [3.8, 4) is 0 Å². The molecule has 0 aromatic carbocycles. The van der Waals surface area contributed by atoms with Crippen molar-refractivity contribution in [2.45, 2.75) is 18.9 Å². The molecule has 2 nitrogen and oxygen atoms in total. The molecule has 1 fully saturated rings. The Morgan fingerprint density at radius 3 is 2.71 bits per heavy atom. The Balaban J connectivity index is 2.12. The zero-order chi connectivity index (χ0) is 5.11. The first-order valence-corrected chi connectivity index (χ1v) is 2.89. The van der Waals surface area contributed by atoms with Gasteiger partial charge in [-0.2, -0.15) is 0 Å². The minimum Gasteiger partial charge on any atom is -0.387 e. The van der Waals surface area contributed by atoms with E-state index in [1.165, 1.54) is 13.0 Å². The van der Waals surface area contributed by atoms with E-state index in [2.05, 4.69) is 5.32 Å². The fourth-order valence-electron chi connectivity index (χ4n) is 0.926. The standard InChI is InChI=1S/C5H11NO/c7-5-2-1-3-6-4-5/h5-7H,1-4H2/p+1/t5-/m1/s1. The topological polar surface area (TPSA) is 36.8 Å². The fourth-order valence-corrected chi connectivity index (χ4v) is 0.926. The molecule has 0 bridgehead atoms. The first-order valence-electron chi connectivity index (χ1n) is 2.89. The molecule has 0 aliphatic carbocycles. The molecule has 7 heavy (non-hydrogen) atoms. The molecule has 0 amide bonds. The van der Waals surface area contributed by atoms with Crippen molar-refractivity contribution >= 4 is 0 Å². The highest BCUT2D eigenvalue weighted by molar-refractivity contribution is 4.54. The first kappa shape index (κ1) is 5.06. The van der Waals surface area contributed by atoms with Crippen LogP contribution < -0.4 is 5.32 Å². The van der Waals surface area contributed by atoms with E-state index in [1.54, 1.807) is 0 Å². The zero-order valence-corrected chi connectivity index (χ0v) is 4.43. The van der Waals surface area contributed by atoms with Gasteiger partial charge in [-0.15, -0.1) is 0 Å². The highest BCUT2D eigenvalue weighted by atomic mass is 16.3. The van der Waals surface area contributed by atoms with Gasteiger partial charge >= 0.3 is 0 Å². The van der Waals surface area contributed by atoms with E-state index in [9.17, 15) is 0 Å². The molecule has 1 saturated heterocycles. The Bertz CT molecular complexity index is 50.0. The molecule has 1 heterocycles. The van der Waals surface area contributed by atoms with Crippen molar-refractivity contribution in [2.75, 3.05) is 13.1 Å². The van der Waals surface area contributed by atoms with E-state index in [0.717, 1.165) is 13.0 Å². The normalized spacial score (nSPS) is 33.0. The average Bonchev–Trinajstić information content (AvgIpc) is 1.69. The highest BCUT2D eigenvalue weighted by Gasteiger charge is 2.10.